The number of carbonyl (C=O) groups is 1. The van der Waals surface area contributed by atoms with Crippen LogP contribution in [0.2, 0.25) is 0 Å². The summed E-state index contributed by atoms with van der Waals surface area (Å²) in [5, 5.41) is 10.7. The minimum atomic E-state index is -0.368. The highest BCUT2D eigenvalue weighted by Gasteiger charge is 2.10. The number of rotatable bonds is 4. The second-order valence-electron chi connectivity index (χ2n) is 4.63. The number of H-pyrrole nitrogens is 1. The van der Waals surface area contributed by atoms with E-state index in [1.54, 1.807) is 18.3 Å². The number of amides is 1. The van der Waals surface area contributed by atoms with Gasteiger partial charge in [-0.3, -0.25) is 14.9 Å². The maximum atomic E-state index is 12.0. The lowest BCUT2D eigenvalue weighted by atomic mass is 10.1. The SMILES string of the molecule is O=C(NN=Cc1ccccn1)c1cc(-c2ccc(Br)cc2)n[nH]1. The van der Waals surface area contributed by atoms with Gasteiger partial charge in [0.15, 0.2) is 0 Å². The molecule has 2 aromatic heterocycles. The van der Waals surface area contributed by atoms with Crippen LogP contribution < -0.4 is 5.43 Å². The molecule has 7 heteroatoms. The van der Waals surface area contributed by atoms with Crippen LogP contribution in [0, 0.1) is 0 Å². The maximum absolute atomic E-state index is 12.0. The molecule has 0 aliphatic rings. The molecule has 0 spiro atoms. The van der Waals surface area contributed by atoms with Crippen LogP contribution in [-0.2, 0) is 0 Å². The van der Waals surface area contributed by atoms with Gasteiger partial charge in [0, 0.05) is 16.2 Å². The Balaban J connectivity index is 1.67. The van der Waals surface area contributed by atoms with E-state index >= 15 is 0 Å². The second-order valence-corrected chi connectivity index (χ2v) is 5.54. The first-order valence-corrected chi connectivity index (χ1v) is 7.57. The number of benzene rings is 1. The fraction of sp³-hybridized carbons (Fsp3) is 0. The lowest BCUT2D eigenvalue weighted by molar-refractivity contribution is 0.0950. The molecule has 0 aliphatic heterocycles. The summed E-state index contributed by atoms with van der Waals surface area (Å²) in [4.78, 5) is 16.1. The van der Waals surface area contributed by atoms with E-state index in [-0.39, 0.29) is 5.91 Å². The molecule has 0 radical (unpaired) electrons. The molecule has 3 rings (SSSR count). The van der Waals surface area contributed by atoms with E-state index in [1.807, 2.05) is 36.4 Å². The lowest BCUT2D eigenvalue weighted by Crippen LogP contribution is -2.18. The van der Waals surface area contributed by atoms with Gasteiger partial charge in [-0.1, -0.05) is 34.1 Å². The summed E-state index contributed by atoms with van der Waals surface area (Å²) in [5.41, 5.74) is 5.04. The minimum Gasteiger partial charge on any atom is -0.272 e. The molecule has 0 bridgehead atoms. The summed E-state index contributed by atoms with van der Waals surface area (Å²) in [5.74, 6) is -0.368. The number of pyridine rings is 1. The topological polar surface area (TPSA) is 83.0 Å². The van der Waals surface area contributed by atoms with Crippen LogP contribution in [0.25, 0.3) is 11.3 Å². The highest BCUT2D eigenvalue weighted by atomic mass is 79.9. The van der Waals surface area contributed by atoms with E-state index in [9.17, 15) is 4.79 Å². The fourth-order valence-corrected chi connectivity index (χ4v) is 2.14. The van der Waals surface area contributed by atoms with Crippen molar-refractivity contribution in [3.63, 3.8) is 0 Å². The average Bonchev–Trinajstić information content (AvgIpc) is 3.06. The zero-order valence-electron chi connectivity index (χ0n) is 11.9. The molecule has 2 heterocycles. The molecule has 3 aromatic rings. The third-order valence-corrected chi connectivity index (χ3v) is 3.54. The summed E-state index contributed by atoms with van der Waals surface area (Å²) < 4.78 is 0.985. The zero-order valence-corrected chi connectivity index (χ0v) is 13.5. The van der Waals surface area contributed by atoms with E-state index in [4.69, 9.17) is 0 Å². The third-order valence-electron chi connectivity index (χ3n) is 3.01. The monoisotopic (exact) mass is 369 g/mol. The Hall–Kier alpha value is -2.80. The average molecular weight is 370 g/mol. The van der Waals surface area contributed by atoms with Crippen molar-refractivity contribution in [3.8, 4) is 11.3 Å². The Morgan fingerprint density at radius 2 is 2.04 bits per heavy atom. The molecular formula is C16H12BrN5O. The van der Waals surface area contributed by atoms with Gasteiger partial charge in [0.25, 0.3) is 5.91 Å². The Kier molecular flexibility index (Phi) is 4.58. The lowest BCUT2D eigenvalue weighted by Gasteiger charge is -1.96. The van der Waals surface area contributed by atoms with Crippen molar-refractivity contribution in [2.24, 2.45) is 5.10 Å². The highest BCUT2D eigenvalue weighted by molar-refractivity contribution is 9.10. The molecule has 114 valence electrons. The van der Waals surface area contributed by atoms with Gasteiger partial charge in [-0.15, -0.1) is 0 Å². The van der Waals surface area contributed by atoms with Gasteiger partial charge in [-0.2, -0.15) is 10.2 Å². The number of hydrazone groups is 1. The molecule has 0 saturated heterocycles. The molecule has 23 heavy (non-hydrogen) atoms. The van der Waals surface area contributed by atoms with Gasteiger partial charge in [-0.25, -0.2) is 5.43 Å². The molecule has 0 aliphatic carbocycles. The fourth-order valence-electron chi connectivity index (χ4n) is 1.88. The number of halogens is 1. The van der Waals surface area contributed by atoms with E-state index in [0.29, 0.717) is 17.1 Å². The number of hydrogen-bond donors (Lipinski definition) is 2. The van der Waals surface area contributed by atoms with E-state index in [2.05, 4.69) is 41.6 Å². The van der Waals surface area contributed by atoms with Crippen LogP contribution in [0.15, 0.2) is 64.3 Å². The van der Waals surface area contributed by atoms with Crippen molar-refractivity contribution in [2.75, 3.05) is 0 Å². The van der Waals surface area contributed by atoms with Gasteiger partial charge in [-0.05, 0) is 30.3 Å². The van der Waals surface area contributed by atoms with Crippen molar-refractivity contribution >= 4 is 28.1 Å². The molecule has 2 N–H and O–H groups in total. The minimum absolute atomic E-state index is 0.334. The van der Waals surface area contributed by atoms with Gasteiger partial charge in [0.1, 0.15) is 5.69 Å². The zero-order chi connectivity index (χ0) is 16.1. The van der Waals surface area contributed by atoms with E-state index < -0.39 is 0 Å². The normalized spacial score (nSPS) is 10.8. The predicted octanol–water partition coefficient (Wildman–Crippen LogP) is 3.00. The van der Waals surface area contributed by atoms with Crippen molar-refractivity contribution in [1.82, 2.24) is 20.6 Å². The van der Waals surface area contributed by atoms with Crippen LogP contribution in [0.5, 0.6) is 0 Å². The third kappa shape index (κ3) is 3.89. The largest absolute Gasteiger partial charge is 0.289 e. The Bertz CT molecular complexity index is 827. The molecule has 0 fully saturated rings. The second kappa shape index (κ2) is 6.97. The number of nitrogens with zero attached hydrogens (tertiary/aromatic N) is 3. The molecule has 0 unspecified atom stereocenters. The van der Waals surface area contributed by atoms with Gasteiger partial charge in [0.05, 0.1) is 17.6 Å². The molecule has 1 amide bonds. The standard InChI is InChI=1S/C16H12BrN5O/c17-12-6-4-11(5-7-12)14-9-15(21-20-14)16(23)22-19-10-13-3-1-2-8-18-13/h1-10H,(H,20,21)(H,22,23). The van der Waals surface area contributed by atoms with Crippen molar-refractivity contribution < 1.29 is 4.79 Å². The number of nitrogens with one attached hydrogen (secondary N) is 2. The first-order chi connectivity index (χ1) is 11.2. The molecule has 0 atom stereocenters. The Morgan fingerprint density at radius 1 is 1.22 bits per heavy atom. The van der Waals surface area contributed by atoms with Crippen molar-refractivity contribution in [3.05, 3.63) is 70.6 Å². The van der Waals surface area contributed by atoms with Crippen LogP contribution in [0.1, 0.15) is 16.2 Å². The van der Waals surface area contributed by atoms with Gasteiger partial charge < -0.3 is 0 Å². The van der Waals surface area contributed by atoms with E-state index in [0.717, 1.165) is 10.0 Å². The number of aromatic nitrogens is 3. The van der Waals surface area contributed by atoms with Crippen LogP contribution >= 0.6 is 15.9 Å². The highest BCUT2D eigenvalue weighted by Crippen LogP contribution is 2.20. The summed E-state index contributed by atoms with van der Waals surface area (Å²) in [6.45, 7) is 0. The summed E-state index contributed by atoms with van der Waals surface area (Å²) in [7, 11) is 0. The number of carbonyl (C=O) groups excluding carboxylic acids is 1. The van der Waals surface area contributed by atoms with Crippen molar-refractivity contribution in [2.45, 2.75) is 0 Å². The maximum Gasteiger partial charge on any atom is 0.289 e. The first kappa shape index (κ1) is 15.1. The summed E-state index contributed by atoms with van der Waals surface area (Å²) in [6.07, 6.45) is 3.13. The van der Waals surface area contributed by atoms with Gasteiger partial charge >= 0.3 is 0 Å². The summed E-state index contributed by atoms with van der Waals surface area (Å²) >= 11 is 3.38. The Morgan fingerprint density at radius 3 is 2.78 bits per heavy atom. The molecule has 1 aromatic carbocycles. The van der Waals surface area contributed by atoms with Crippen molar-refractivity contribution in [1.29, 1.82) is 0 Å². The van der Waals surface area contributed by atoms with Crippen LogP contribution in [0.4, 0.5) is 0 Å². The summed E-state index contributed by atoms with van der Waals surface area (Å²) in [6, 6.07) is 14.8. The van der Waals surface area contributed by atoms with Gasteiger partial charge in [0.2, 0.25) is 0 Å². The number of hydrogen-bond acceptors (Lipinski definition) is 4. The predicted molar refractivity (Wildman–Crippen MR) is 91.0 cm³/mol. The van der Waals surface area contributed by atoms with Crippen LogP contribution in [-0.4, -0.2) is 27.3 Å². The number of aromatic amines is 1. The first-order valence-electron chi connectivity index (χ1n) is 6.78. The smallest absolute Gasteiger partial charge is 0.272 e. The van der Waals surface area contributed by atoms with Crippen LogP contribution in [0.3, 0.4) is 0 Å². The Labute approximate surface area is 140 Å². The molecular weight excluding hydrogens is 358 g/mol. The molecule has 0 saturated carbocycles. The molecule has 6 nitrogen and oxygen atoms in total. The van der Waals surface area contributed by atoms with E-state index in [1.165, 1.54) is 6.21 Å². The quantitative estimate of drug-likeness (QED) is 0.547.